The van der Waals surface area contributed by atoms with Crippen molar-refractivity contribution in [3.05, 3.63) is 69.8 Å². The van der Waals surface area contributed by atoms with Gasteiger partial charge < -0.3 is 9.42 Å². The molecule has 0 bridgehead atoms. The van der Waals surface area contributed by atoms with Gasteiger partial charge in [0.1, 0.15) is 5.60 Å². The Labute approximate surface area is 215 Å². The second kappa shape index (κ2) is 9.51. The van der Waals surface area contributed by atoms with Crippen LogP contribution in [0.4, 0.5) is 0 Å². The first-order chi connectivity index (χ1) is 15.1. The molecule has 1 N–H and O–H groups in total. The van der Waals surface area contributed by atoms with E-state index in [9.17, 15) is 4.89 Å². The molecule has 0 amide bonds. The minimum atomic E-state index is -2.12. The maximum atomic E-state index is 10.4. The molecular formula is C30H46ClO2P. The third kappa shape index (κ3) is 6.44. The zero-order valence-electron chi connectivity index (χ0n) is 23.6. The smallest absolute Gasteiger partial charge is 0.275 e. The predicted octanol–water partition coefficient (Wildman–Crippen LogP) is 9.61. The van der Waals surface area contributed by atoms with Crippen LogP contribution in [-0.2, 0) is 31.8 Å². The molecule has 0 spiro atoms. The van der Waals surface area contributed by atoms with Crippen molar-refractivity contribution in [2.45, 2.75) is 117 Å². The van der Waals surface area contributed by atoms with E-state index in [1.807, 2.05) is 0 Å². The van der Waals surface area contributed by atoms with Crippen LogP contribution in [-0.4, -0.2) is 4.89 Å². The van der Waals surface area contributed by atoms with Gasteiger partial charge in [-0.2, -0.15) is 0 Å². The fourth-order valence-corrected chi connectivity index (χ4v) is 5.40. The van der Waals surface area contributed by atoms with Crippen molar-refractivity contribution in [2.75, 3.05) is 0 Å². The van der Waals surface area contributed by atoms with Crippen LogP contribution in [0.5, 0.6) is 0 Å². The molecule has 0 aliphatic carbocycles. The van der Waals surface area contributed by atoms with Gasteiger partial charge >= 0.3 is 0 Å². The number of halogens is 1. The Morgan fingerprint density at radius 2 is 0.882 bits per heavy atom. The standard InChI is InChI=1S/C30H46ClO2P/c1-26(2,3)20-14-16-22(24(18-20)28(7,8)9)30(13,33-34(31)32)23-17-15-21(27(4,5)6)19-25(23)29(10,11)12/h14-19,32H,1-13H3. The van der Waals surface area contributed by atoms with Crippen LogP contribution in [0.25, 0.3) is 0 Å². The summed E-state index contributed by atoms with van der Waals surface area (Å²) in [7, 11) is -2.12. The van der Waals surface area contributed by atoms with Gasteiger partial charge in [0.25, 0.3) is 7.73 Å². The van der Waals surface area contributed by atoms with Gasteiger partial charge in [0.15, 0.2) is 0 Å². The minimum Gasteiger partial charge on any atom is -0.338 e. The summed E-state index contributed by atoms with van der Waals surface area (Å²) in [5.74, 6) is 0. The molecule has 1 atom stereocenters. The van der Waals surface area contributed by atoms with Crippen molar-refractivity contribution in [2.24, 2.45) is 0 Å². The first-order valence-corrected chi connectivity index (χ1v) is 14.3. The number of hydrogen-bond acceptors (Lipinski definition) is 2. The van der Waals surface area contributed by atoms with Crippen LogP contribution in [0.1, 0.15) is 123 Å². The number of benzene rings is 2. The van der Waals surface area contributed by atoms with Gasteiger partial charge in [0.05, 0.1) is 0 Å². The molecule has 4 heteroatoms. The molecule has 0 fully saturated rings. The van der Waals surface area contributed by atoms with E-state index in [1.165, 1.54) is 22.3 Å². The van der Waals surface area contributed by atoms with Crippen LogP contribution in [0.2, 0.25) is 0 Å². The summed E-state index contributed by atoms with van der Waals surface area (Å²) in [5.41, 5.74) is 5.94. The molecule has 0 aliphatic rings. The molecule has 0 aliphatic heterocycles. The van der Waals surface area contributed by atoms with E-state index in [1.54, 1.807) is 0 Å². The van der Waals surface area contributed by atoms with Gasteiger partial charge in [0, 0.05) is 0 Å². The molecule has 1 unspecified atom stereocenters. The van der Waals surface area contributed by atoms with Gasteiger partial charge in [-0.25, -0.2) is 0 Å². The molecule has 0 saturated carbocycles. The zero-order valence-corrected chi connectivity index (χ0v) is 25.3. The second-order valence-electron chi connectivity index (χ2n) is 13.9. The van der Waals surface area contributed by atoms with Crippen LogP contribution < -0.4 is 0 Å². The second-order valence-corrected chi connectivity index (χ2v) is 15.4. The highest BCUT2D eigenvalue weighted by atomic mass is 35.7. The fraction of sp³-hybridized carbons (Fsp3) is 0.600. The van der Waals surface area contributed by atoms with Gasteiger partial charge in [0.2, 0.25) is 0 Å². The first-order valence-electron chi connectivity index (χ1n) is 12.2. The number of hydrogen-bond donors (Lipinski definition) is 1. The van der Waals surface area contributed by atoms with E-state index < -0.39 is 13.3 Å². The Kier molecular flexibility index (Phi) is 8.20. The van der Waals surface area contributed by atoms with Crippen LogP contribution >= 0.6 is 19.0 Å². The molecular weight excluding hydrogens is 459 g/mol. The summed E-state index contributed by atoms with van der Waals surface area (Å²) in [5, 5.41) is 0. The molecule has 0 saturated heterocycles. The minimum absolute atomic E-state index is 0.0246. The highest BCUT2D eigenvalue weighted by molar-refractivity contribution is 7.75. The summed E-state index contributed by atoms with van der Waals surface area (Å²) in [4.78, 5) is 10.4. The Hall–Kier alpha value is -0.920. The summed E-state index contributed by atoms with van der Waals surface area (Å²) in [6.07, 6.45) is 0. The first kappa shape index (κ1) is 29.3. The largest absolute Gasteiger partial charge is 0.338 e. The van der Waals surface area contributed by atoms with Crippen molar-refractivity contribution in [3.8, 4) is 0 Å². The summed E-state index contributed by atoms with van der Waals surface area (Å²) >= 11 is 6.20. The Morgan fingerprint density at radius 3 is 1.12 bits per heavy atom. The Morgan fingerprint density at radius 1 is 0.559 bits per heavy atom. The van der Waals surface area contributed by atoms with E-state index in [2.05, 4.69) is 126 Å². The third-order valence-electron chi connectivity index (χ3n) is 6.67. The third-order valence-corrected chi connectivity index (χ3v) is 7.40. The molecule has 2 aromatic rings. The highest BCUT2D eigenvalue weighted by Crippen LogP contribution is 2.52. The van der Waals surface area contributed by atoms with E-state index in [0.717, 1.165) is 11.1 Å². The molecule has 0 aromatic heterocycles. The maximum Gasteiger partial charge on any atom is 0.275 e. The van der Waals surface area contributed by atoms with Crippen molar-refractivity contribution in [3.63, 3.8) is 0 Å². The van der Waals surface area contributed by atoms with Crippen molar-refractivity contribution < 1.29 is 9.42 Å². The van der Waals surface area contributed by atoms with Crippen LogP contribution in [0, 0.1) is 0 Å². The molecule has 0 heterocycles. The molecule has 2 nitrogen and oxygen atoms in total. The lowest BCUT2D eigenvalue weighted by atomic mass is 9.70. The van der Waals surface area contributed by atoms with Crippen LogP contribution in [0.15, 0.2) is 36.4 Å². The Bertz CT molecular complexity index is 937. The van der Waals surface area contributed by atoms with Gasteiger partial charge in [-0.05, 0) is 73.2 Å². The normalized spacial score (nSPS) is 14.9. The summed E-state index contributed by atoms with van der Waals surface area (Å²) in [6.45, 7) is 28.9. The Balaban J connectivity index is 2.99. The topological polar surface area (TPSA) is 29.5 Å². The van der Waals surface area contributed by atoms with Crippen molar-refractivity contribution in [1.29, 1.82) is 0 Å². The van der Waals surface area contributed by atoms with Gasteiger partial charge in [-0.15, -0.1) is 0 Å². The lowest BCUT2D eigenvalue weighted by Crippen LogP contribution is -2.33. The van der Waals surface area contributed by atoms with E-state index in [-0.39, 0.29) is 21.7 Å². The maximum absolute atomic E-state index is 10.4. The van der Waals surface area contributed by atoms with E-state index in [4.69, 9.17) is 15.8 Å². The average molecular weight is 505 g/mol. The quantitative estimate of drug-likeness (QED) is 0.420. The summed E-state index contributed by atoms with van der Waals surface area (Å²) in [6, 6.07) is 13.4. The van der Waals surface area contributed by atoms with Gasteiger partial charge in [-0.3, -0.25) is 0 Å². The molecule has 2 aromatic carbocycles. The van der Waals surface area contributed by atoms with E-state index in [0.29, 0.717) is 0 Å². The lowest BCUT2D eigenvalue weighted by Gasteiger charge is -2.40. The zero-order chi connectivity index (χ0) is 26.5. The van der Waals surface area contributed by atoms with Crippen LogP contribution in [0.3, 0.4) is 0 Å². The lowest BCUT2D eigenvalue weighted by molar-refractivity contribution is 0.135. The summed E-state index contributed by atoms with van der Waals surface area (Å²) < 4.78 is 6.32. The SMILES string of the molecule is CC(C)(C)c1ccc(C(C)(OP(O)Cl)c2ccc(C(C)(C)C)cc2C(C)(C)C)c(C(C)(C)C)c1. The van der Waals surface area contributed by atoms with E-state index >= 15 is 0 Å². The average Bonchev–Trinajstić information content (AvgIpc) is 2.63. The predicted molar refractivity (Wildman–Crippen MR) is 150 cm³/mol. The molecule has 0 radical (unpaired) electrons. The molecule has 2 rings (SSSR count). The van der Waals surface area contributed by atoms with Gasteiger partial charge in [-0.1, -0.05) is 119 Å². The molecule has 190 valence electrons. The number of rotatable bonds is 4. The van der Waals surface area contributed by atoms with Crippen molar-refractivity contribution >= 4 is 19.0 Å². The fourth-order valence-electron chi connectivity index (χ4n) is 4.49. The highest BCUT2D eigenvalue weighted by Gasteiger charge is 2.41. The monoisotopic (exact) mass is 504 g/mol. The van der Waals surface area contributed by atoms with Crippen molar-refractivity contribution in [1.82, 2.24) is 0 Å². The molecule has 34 heavy (non-hydrogen) atoms.